The quantitative estimate of drug-likeness (QED) is 0.692. The van der Waals surface area contributed by atoms with Gasteiger partial charge in [0, 0.05) is 19.2 Å². The Bertz CT molecular complexity index is 418. The largest absolute Gasteiger partial charge is 0.359 e. The van der Waals surface area contributed by atoms with Crippen molar-refractivity contribution in [2.24, 2.45) is 5.73 Å². The number of hydrogen-bond acceptors (Lipinski definition) is 3. The molecule has 0 bridgehead atoms. The molecular weight excluding hydrogens is 230 g/mol. The zero-order chi connectivity index (χ0) is 13.4. The van der Waals surface area contributed by atoms with E-state index < -0.39 is 0 Å². The Morgan fingerprint density at radius 1 is 1.22 bits per heavy atom. The molecule has 5 nitrogen and oxygen atoms in total. The fraction of sp³-hybridized carbons (Fsp3) is 0.385. The Balaban J connectivity index is 2.69. The molecule has 0 aromatic heterocycles. The van der Waals surface area contributed by atoms with Crippen molar-refractivity contribution in [2.75, 3.05) is 18.9 Å². The highest BCUT2D eigenvalue weighted by Gasteiger charge is 2.08. The Morgan fingerprint density at radius 2 is 1.94 bits per heavy atom. The molecule has 0 saturated carbocycles. The van der Waals surface area contributed by atoms with Gasteiger partial charge in [-0.1, -0.05) is 18.2 Å². The van der Waals surface area contributed by atoms with Gasteiger partial charge in [-0.2, -0.15) is 0 Å². The molecule has 2 amide bonds. The lowest BCUT2D eigenvalue weighted by molar-refractivity contribution is -0.120. The number of nitrogens with two attached hydrogens (primary N) is 1. The predicted molar refractivity (Wildman–Crippen MR) is 71.1 cm³/mol. The van der Waals surface area contributed by atoms with Crippen LogP contribution in [0.15, 0.2) is 24.3 Å². The second-order valence-electron chi connectivity index (χ2n) is 3.95. The van der Waals surface area contributed by atoms with Crippen LogP contribution >= 0.6 is 0 Å². The van der Waals surface area contributed by atoms with Crippen molar-refractivity contribution in [1.82, 2.24) is 5.32 Å². The lowest BCUT2D eigenvalue weighted by atomic mass is 10.1. The Labute approximate surface area is 107 Å². The number of nitrogens with one attached hydrogen (secondary N) is 2. The summed E-state index contributed by atoms with van der Waals surface area (Å²) < 4.78 is 0. The predicted octanol–water partition coefficient (Wildman–Crippen LogP) is 0.652. The molecular formula is C13H19N3O2. The summed E-state index contributed by atoms with van der Waals surface area (Å²) in [5.74, 6) is -0.163. The summed E-state index contributed by atoms with van der Waals surface area (Å²) in [7, 11) is 1.59. The summed E-state index contributed by atoms with van der Waals surface area (Å²) in [6, 6.07) is 7.28. The third-order valence-electron chi connectivity index (χ3n) is 2.53. The van der Waals surface area contributed by atoms with Crippen LogP contribution in [0.1, 0.15) is 18.4 Å². The molecule has 4 N–H and O–H groups in total. The highest BCUT2D eigenvalue weighted by molar-refractivity contribution is 5.92. The first-order valence-electron chi connectivity index (χ1n) is 5.95. The number of amides is 2. The van der Waals surface area contributed by atoms with E-state index in [2.05, 4.69) is 10.6 Å². The zero-order valence-corrected chi connectivity index (χ0v) is 10.5. The number of carbonyl (C=O) groups excluding carboxylic acids is 2. The van der Waals surface area contributed by atoms with Crippen LogP contribution in [-0.2, 0) is 16.0 Å². The average molecular weight is 249 g/mol. The summed E-state index contributed by atoms with van der Waals surface area (Å²) in [4.78, 5) is 23.0. The van der Waals surface area contributed by atoms with Gasteiger partial charge < -0.3 is 16.4 Å². The van der Waals surface area contributed by atoms with Gasteiger partial charge in [-0.3, -0.25) is 9.59 Å². The van der Waals surface area contributed by atoms with Crippen molar-refractivity contribution < 1.29 is 9.59 Å². The minimum Gasteiger partial charge on any atom is -0.359 e. The van der Waals surface area contributed by atoms with Crippen LogP contribution in [0.2, 0.25) is 0 Å². The minimum atomic E-state index is -0.0846. The molecule has 0 aliphatic heterocycles. The van der Waals surface area contributed by atoms with E-state index >= 15 is 0 Å². The number of anilines is 1. The third-order valence-corrected chi connectivity index (χ3v) is 2.53. The van der Waals surface area contributed by atoms with Gasteiger partial charge in [0.25, 0.3) is 0 Å². The van der Waals surface area contributed by atoms with Crippen LogP contribution in [0.25, 0.3) is 0 Å². The van der Waals surface area contributed by atoms with Crippen molar-refractivity contribution in [2.45, 2.75) is 19.3 Å². The average Bonchev–Trinajstić information content (AvgIpc) is 2.38. The van der Waals surface area contributed by atoms with Crippen molar-refractivity contribution in [1.29, 1.82) is 0 Å². The van der Waals surface area contributed by atoms with Crippen LogP contribution in [0.5, 0.6) is 0 Å². The summed E-state index contributed by atoms with van der Waals surface area (Å²) in [5, 5.41) is 5.36. The first-order valence-corrected chi connectivity index (χ1v) is 5.95. The molecule has 0 atom stereocenters. The van der Waals surface area contributed by atoms with Gasteiger partial charge in [-0.05, 0) is 24.6 Å². The molecule has 0 fully saturated rings. The molecule has 1 aromatic carbocycles. The molecule has 0 unspecified atom stereocenters. The molecule has 18 heavy (non-hydrogen) atoms. The van der Waals surface area contributed by atoms with Gasteiger partial charge in [0.15, 0.2) is 0 Å². The standard InChI is InChI=1S/C13H19N3O2/c1-15-13(18)9-10-5-2-3-6-11(10)16-12(17)7-4-8-14/h2-3,5-6H,4,7-9,14H2,1H3,(H,15,18)(H,16,17). The number of para-hydroxylation sites is 1. The molecule has 0 spiro atoms. The van der Waals surface area contributed by atoms with Crippen molar-refractivity contribution in [3.8, 4) is 0 Å². The summed E-state index contributed by atoms with van der Waals surface area (Å²) in [6.45, 7) is 0.493. The number of benzene rings is 1. The highest BCUT2D eigenvalue weighted by Crippen LogP contribution is 2.16. The molecule has 0 aliphatic carbocycles. The van der Waals surface area contributed by atoms with E-state index in [4.69, 9.17) is 5.73 Å². The van der Waals surface area contributed by atoms with Crippen molar-refractivity contribution in [3.05, 3.63) is 29.8 Å². The van der Waals surface area contributed by atoms with Crippen LogP contribution in [0.4, 0.5) is 5.69 Å². The summed E-state index contributed by atoms with van der Waals surface area (Å²) in [5.41, 5.74) is 6.84. The minimum absolute atomic E-state index is 0.0789. The SMILES string of the molecule is CNC(=O)Cc1ccccc1NC(=O)CCCN. The Kier molecular flexibility index (Phi) is 5.87. The lowest BCUT2D eigenvalue weighted by Gasteiger charge is -2.10. The second kappa shape index (κ2) is 7.45. The topological polar surface area (TPSA) is 84.2 Å². The van der Waals surface area contributed by atoms with Crippen LogP contribution in [-0.4, -0.2) is 25.4 Å². The second-order valence-corrected chi connectivity index (χ2v) is 3.95. The molecule has 1 rings (SSSR count). The first-order chi connectivity index (χ1) is 8.67. The molecule has 0 radical (unpaired) electrons. The number of rotatable bonds is 6. The Hall–Kier alpha value is -1.88. The van der Waals surface area contributed by atoms with Gasteiger partial charge >= 0.3 is 0 Å². The Morgan fingerprint density at radius 3 is 2.61 bits per heavy atom. The van der Waals surface area contributed by atoms with E-state index in [0.717, 1.165) is 5.56 Å². The van der Waals surface area contributed by atoms with Crippen LogP contribution in [0, 0.1) is 0 Å². The van der Waals surface area contributed by atoms with E-state index in [1.807, 2.05) is 18.2 Å². The maximum absolute atomic E-state index is 11.6. The van der Waals surface area contributed by atoms with E-state index in [0.29, 0.717) is 25.1 Å². The maximum atomic E-state index is 11.6. The summed E-state index contributed by atoms with van der Waals surface area (Å²) >= 11 is 0. The van der Waals surface area contributed by atoms with Gasteiger partial charge in [-0.15, -0.1) is 0 Å². The maximum Gasteiger partial charge on any atom is 0.224 e. The van der Waals surface area contributed by atoms with E-state index in [9.17, 15) is 9.59 Å². The molecule has 1 aromatic rings. The van der Waals surface area contributed by atoms with Crippen molar-refractivity contribution >= 4 is 17.5 Å². The monoisotopic (exact) mass is 249 g/mol. The third kappa shape index (κ3) is 4.55. The summed E-state index contributed by atoms with van der Waals surface area (Å²) in [6.07, 6.45) is 1.30. The van der Waals surface area contributed by atoms with Gasteiger partial charge in [0.2, 0.25) is 11.8 Å². The van der Waals surface area contributed by atoms with E-state index in [-0.39, 0.29) is 18.2 Å². The molecule has 98 valence electrons. The normalized spacial score (nSPS) is 9.89. The highest BCUT2D eigenvalue weighted by atomic mass is 16.2. The number of hydrogen-bond donors (Lipinski definition) is 3. The van der Waals surface area contributed by atoms with Crippen molar-refractivity contribution in [3.63, 3.8) is 0 Å². The van der Waals surface area contributed by atoms with Crippen LogP contribution < -0.4 is 16.4 Å². The van der Waals surface area contributed by atoms with Gasteiger partial charge in [0.05, 0.1) is 6.42 Å². The fourth-order valence-electron chi connectivity index (χ4n) is 1.53. The first kappa shape index (κ1) is 14.2. The lowest BCUT2D eigenvalue weighted by Crippen LogP contribution is -2.21. The molecule has 5 heteroatoms. The van der Waals surface area contributed by atoms with E-state index in [1.165, 1.54) is 0 Å². The molecule has 0 saturated heterocycles. The van der Waals surface area contributed by atoms with Crippen LogP contribution in [0.3, 0.4) is 0 Å². The smallest absolute Gasteiger partial charge is 0.224 e. The zero-order valence-electron chi connectivity index (χ0n) is 10.5. The van der Waals surface area contributed by atoms with E-state index in [1.54, 1.807) is 13.1 Å². The van der Waals surface area contributed by atoms with Gasteiger partial charge in [0.1, 0.15) is 0 Å². The number of likely N-dealkylation sites (N-methyl/N-ethyl adjacent to an activating group) is 1. The molecule has 0 aliphatic rings. The molecule has 0 heterocycles. The number of carbonyl (C=O) groups is 2. The van der Waals surface area contributed by atoms with Gasteiger partial charge in [-0.25, -0.2) is 0 Å². The fourth-order valence-corrected chi connectivity index (χ4v) is 1.53.